The van der Waals surface area contributed by atoms with Crippen LogP contribution >= 0.6 is 0 Å². The molecule has 1 amide bonds. The highest BCUT2D eigenvalue weighted by atomic mass is 16.4. The average Bonchev–Trinajstić information content (AvgIpc) is 2.52. The largest absolute Gasteiger partial charge is 0.480 e. The maximum Gasteiger partial charge on any atom is 0.326 e. The molecular formula is C15H13N3O4. The number of hydrogen-bond acceptors (Lipinski definition) is 4. The average molecular weight is 299 g/mol. The van der Waals surface area contributed by atoms with E-state index >= 15 is 0 Å². The summed E-state index contributed by atoms with van der Waals surface area (Å²) in [6, 6.07) is 6.44. The highest BCUT2D eigenvalue weighted by molar-refractivity contribution is 5.95. The number of carbonyl (C=O) groups is 2. The Morgan fingerprint density at radius 1 is 1.23 bits per heavy atom. The first kappa shape index (κ1) is 14.0. The van der Waals surface area contributed by atoms with E-state index in [0.29, 0.717) is 0 Å². The van der Waals surface area contributed by atoms with Gasteiger partial charge >= 0.3 is 5.97 Å². The van der Waals surface area contributed by atoms with Gasteiger partial charge in [0.1, 0.15) is 11.7 Å². The van der Waals surface area contributed by atoms with Crippen LogP contribution in [0.3, 0.4) is 0 Å². The van der Waals surface area contributed by atoms with Gasteiger partial charge in [-0.3, -0.25) is 14.6 Å². The van der Waals surface area contributed by atoms with Crippen LogP contribution in [-0.4, -0.2) is 37.9 Å². The fourth-order valence-electron chi connectivity index (χ4n) is 2.60. The lowest BCUT2D eigenvalue weighted by Gasteiger charge is -2.34. The minimum absolute atomic E-state index is 0.0156. The van der Waals surface area contributed by atoms with Crippen molar-refractivity contribution in [1.82, 2.24) is 14.9 Å². The van der Waals surface area contributed by atoms with Crippen LogP contribution in [-0.2, 0) is 17.8 Å². The van der Waals surface area contributed by atoms with E-state index in [4.69, 9.17) is 0 Å². The van der Waals surface area contributed by atoms with Crippen molar-refractivity contribution in [3.8, 4) is 0 Å². The first-order valence-electron chi connectivity index (χ1n) is 6.71. The number of carboxylic acid groups (broad SMARTS) is 1. The Kier molecular flexibility index (Phi) is 3.46. The number of nitrogens with zero attached hydrogens (tertiary/aromatic N) is 2. The van der Waals surface area contributed by atoms with Crippen LogP contribution in [0.5, 0.6) is 0 Å². The monoisotopic (exact) mass is 299 g/mol. The second-order valence-corrected chi connectivity index (χ2v) is 5.07. The normalized spacial score (nSPS) is 16.9. The number of amides is 1. The molecule has 2 aromatic rings. The van der Waals surface area contributed by atoms with Crippen molar-refractivity contribution in [1.29, 1.82) is 0 Å². The minimum atomic E-state index is -1.07. The number of nitrogens with one attached hydrogen (secondary N) is 1. The number of aromatic amines is 1. The molecular weight excluding hydrogens is 286 g/mol. The van der Waals surface area contributed by atoms with Crippen molar-refractivity contribution in [2.75, 3.05) is 0 Å². The Balaban J connectivity index is 1.99. The van der Waals surface area contributed by atoms with E-state index in [-0.39, 0.29) is 18.7 Å². The summed E-state index contributed by atoms with van der Waals surface area (Å²) in [6.45, 7) is 0.183. The van der Waals surface area contributed by atoms with Gasteiger partial charge in [0.2, 0.25) is 0 Å². The predicted molar refractivity (Wildman–Crippen MR) is 76.3 cm³/mol. The molecule has 2 heterocycles. The molecule has 0 spiro atoms. The van der Waals surface area contributed by atoms with E-state index in [2.05, 4.69) is 9.97 Å². The summed E-state index contributed by atoms with van der Waals surface area (Å²) in [6.07, 6.45) is 2.52. The zero-order valence-electron chi connectivity index (χ0n) is 11.5. The summed E-state index contributed by atoms with van der Waals surface area (Å²) in [4.78, 5) is 42.6. The van der Waals surface area contributed by atoms with Crippen molar-refractivity contribution in [3.63, 3.8) is 0 Å². The summed E-state index contributed by atoms with van der Waals surface area (Å²) < 4.78 is 0. The van der Waals surface area contributed by atoms with Crippen molar-refractivity contribution < 1.29 is 14.7 Å². The molecule has 3 rings (SSSR count). The van der Waals surface area contributed by atoms with Crippen LogP contribution in [0.2, 0.25) is 0 Å². The summed E-state index contributed by atoms with van der Waals surface area (Å²) in [5, 5.41) is 9.40. The van der Waals surface area contributed by atoms with Gasteiger partial charge in [0, 0.05) is 13.0 Å². The first-order chi connectivity index (χ1) is 10.6. The van der Waals surface area contributed by atoms with Gasteiger partial charge in [0.05, 0.1) is 12.4 Å². The van der Waals surface area contributed by atoms with Crippen LogP contribution in [0.15, 0.2) is 41.5 Å². The zero-order chi connectivity index (χ0) is 15.7. The van der Waals surface area contributed by atoms with E-state index in [1.165, 1.54) is 11.1 Å². The molecule has 0 radical (unpaired) electrons. The van der Waals surface area contributed by atoms with Crippen LogP contribution in [0, 0.1) is 0 Å². The Labute approximate surface area is 125 Å². The van der Waals surface area contributed by atoms with Crippen molar-refractivity contribution in [3.05, 3.63) is 63.8 Å². The molecule has 1 aromatic heterocycles. The van der Waals surface area contributed by atoms with Gasteiger partial charge in [-0.15, -0.1) is 0 Å². The van der Waals surface area contributed by atoms with Gasteiger partial charge in [-0.25, -0.2) is 4.79 Å². The number of hydrogen-bond donors (Lipinski definition) is 2. The molecule has 7 heteroatoms. The topological polar surface area (TPSA) is 103 Å². The molecule has 7 nitrogen and oxygen atoms in total. The van der Waals surface area contributed by atoms with E-state index in [1.54, 1.807) is 0 Å². The van der Waals surface area contributed by atoms with E-state index in [9.17, 15) is 19.5 Å². The van der Waals surface area contributed by atoms with E-state index in [1.807, 2.05) is 24.3 Å². The molecule has 0 unspecified atom stereocenters. The molecule has 0 fully saturated rings. The number of carbonyl (C=O) groups excluding carboxylic acids is 1. The van der Waals surface area contributed by atoms with Crippen molar-refractivity contribution >= 4 is 11.9 Å². The quantitative estimate of drug-likeness (QED) is 0.836. The summed E-state index contributed by atoms with van der Waals surface area (Å²) in [5.41, 5.74) is 1.30. The molecule has 1 atom stereocenters. The lowest BCUT2D eigenvalue weighted by atomic mass is 9.93. The molecule has 0 saturated heterocycles. The second kappa shape index (κ2) is 5.44. The van der Waals surface area contributed by atoms with Crippen LogP contribution in [0.4, 0.5) is 0 Å². The van der Waals surface area contributed by atoms with Gasteiger partial charge in [-0.2, -0.15) is 0 Å². The molecule has 0 bridgehead atoms. The highest BCUT2D eigenvalue weighted by Crippen LogP contribution is 2.24. The van der Waals surface area contributed by atoms with Crippen LogP contribution in [0.1, 0.15) is 21.6 Å². The van der Waals surface area contributed by atoms with E-state index in [0.717, 1.165) is 17.3 Å². The molecule has 0 aliphatic carbocycles. The number of carboxylic acids is 1. The fraction of sp³-hybridized carbons (Fsp3) is 0.200. The fourth-order valence-corrected chi connectivity index (χ4v) is 2.60. The lowest BCUT2D eigenvalue weighted by Crippen LogP contribution is -2.49. The Morgan fingerprint density at radius 3 is 2.64 bits per heavy atom. The summed E-state index contributed by atoms with van der Waals surface area (Å²) >= 11 is 0. The van der Waals surface area contributed by atoms with Crippen molar-refractivity contribution in [2.45, 2.75) is 19.0 Å². The highest BCUT2D eigenvalue weighted by Gasteiger charge is 2.35. The van der Waals surface area contributed by atoms with Gasteiger partial charge < -0.3 is 15.0 Å². The molecule has 22 heavy (non-hydrogen) atoms. The molecule has 0 saturated carbocycles. The van der Waals surface area contributed by atoms with Gasteiger partial charge in [-0.05, 0) is 11.1 Å². The van der Waals surface area contributed by atoms with Crippen molar-refractivity contribution in [2.24, 2.45) is 0 Å². The predicted octanol–water partition coefficient (Wildman–Crippen LogP) is 0.422. The Bertz CT molecular complexity index is 799. The van der Waals surface area contributed by atoms with Gasteiger partial charge in [0.25, 0.3) is 11.5 Å². The number of fused-ring (bicyclic) bond motifs is 1. The van der Waals surface area contributed by atoms with Crippen LogP contribution < -0.4 is 5.56 Å². The molecule has 1 aliphatic heterocycles. The second-order valence-electron chi connectivity index (χ2n) is 5.07. The van der Waals surface area contributed by atoms with Gasteiger partial charge in [-0.1, -0.05) is 24.3 Å². The molecule has 1 aliphatic rings. The summed E-state index contributed by atoms with van der Waals surface area (Å²) in [7, 11) is 0. The zero-order valence-corrected chi connectivity index (χ0v) is 11.5. The first-order valence-corrected chi connectivity index (χ1v) is 6.71. The third kappa shape index (κ3) is 2.48. The maximum absolute atomic E-state index is 12.5. The number of aromatic nitrogens is 2. The Morgan fingerprint density at radius 2 is 1.95 bits per heavy atom. The number of benzene rings is 1. The van der Waals surface area contributed by atoms with Gasteiger partial charge in [0.15, 0.2) is 0 Å². The SMILES string of the molecule is O=C(O)[C@H]1Cc2ccccc2CN1C(=O)c1cncc(=O)[nH]1. The Hall–Kier alpha value is -2.96. The lowest BCUT2D eigenvalue weighted by molar-refractivity contribution is -0.142. The third-order valence-electron chi connectivity index (χ3n) is 3.68. The minimum Gasteiger partial charge on any atom is -0.480 e. The number of aliphatic carboxylic acids is 1. The van der Waals surface area contributed by atoms with Crippen LogP contribution in [0.25, 0.3) is 0 Å². The smallest absolute Gasteiger partial charge is 0.326 e. The summed E-state index contributed by atoms with van der Waals surface area (Å²) in [5.74, 6) is -1.62. The maximum atomic E-state index is 12.5. The molecule has 1 aromatic carbocycles. The van der Waals surface area contributed by atoms with E-state index < -0.39 is 23.5 Å². The number of rotatable bonds is 2. The molecule has 112 valence electrons. The number of H-pyrrole nitrogens is 1. The standard InChI is InChI=1S/C15H13N3O4/c19-13-7-16-6-11(17-13)14(20)18-8-10-4-2-1-3-9(10)5-12(18)15(21)22/h1-4,6-7,12H,5,8H2,(H,17,19)(H,21,22)/t12-/m1/s1. The molecule has 2 N–H and O–H groups in total. The third-order valence-corrected chi connectivity index (χ3v) is 3.68.